The van der Waals surface area contributed by atoms with Gasteiger partial charge in [-0.05, 0) is 6.07 Å². The summed E-state index contributed by atoms with van der Waals surface area (Å²) >= 11 is 0. The highest BCUT2D eigenvalue weighted by Crippen LogP contribution is 2.20. The molecule has 12 heavy (non-hydrogen) atoms. The third kappa shape index (κ3) is 1.51. The Morgan fingerprint density at radius 1 is 1.75 bits per heavy atom. The average molecular weight is 168 g/mol. The first-order chi connectivity index (χ1) is 5.65. The number of nitrogens with two attached hydrogens (primary N) is 1. The Morgan fingerprint density at radius 3 is 2.83 bits per heavy atom. The number of furan rings is 1. The zero-order valence-electron chi connectivity index (χ0n) is 6.32. The molecule has 0 fully saturated rings. The molecule has 1 aromatic rings. The molecule has 1 heterocycles. The van der Waals surface area contributed by atoms with E-state index < -0.39 is 4.92 Å². The summed E-state index contributed by atoms with van der Waals surface area (Å²) in [6, 6.07) is 2.75. The molecule has 0 aliphatic heterocycles. The van der Waals surface area contributed by atoms with Gasteiger partial charge in [0.15, 0.2) is 0 Å². The van der Waals surface area contributed by atoms with Gasteiger partial charge in [-0.2, -0.15) is 0 Å². The van der Waals surface area contributed by atoms with E-state index in [2.05, 4.69) is 6.58 Å². The second-order valence-electron chi connectivity index (χ2n) is 2.20. The van der Waals surface area contributed by atoms with E-state index in [4.69, 9.17) is 10.2 Å². The van der Waals surface area contributed by atoms with Crippen LogP contribution in [0.2, 0.25) is 0 Å². The molecular formula is C7H8N2O3. The predicted octanol–water partition coefficient (Wildman–Crippen LogP) is 1.16. The number of nitro groups is 1. The van der Waals surface area contributed by atoms with Crippen LogP contribution in [-0.2, 0) is 0 Å². The Hall–Kier alpha value is -1.62. The van der Waals surface area contributed by atoms with E-state index in [9.17, 15) is 10.1 Å². The fraction of sp³-hybridized carbons (Fsp3) is 0.143. The van der Waals surface area contributed by atoms with Crippen molar-refractivity contribution in [2.45, 2.75) is 0 Å². The quantitative estimate of drug-likeness (QED) is 0.542. The summed E-state index contributed by atoms with van der Waals surface area (Å²) in [5.41, 5.74) is 5.80. The molecule has 0 atom stereocenters. The fourth-order valence-electron chi connectivity index (χ4n) is 0.716. The highest BCUT2D eigenvalue weighted by atomic mass is 16.6. The molecule has 0 bridgehead atoms. The molecule has 0 amide bonds. The molecule has 64 valence electrons. The number of nitrogens with zero attached hydrogens (tertiary/aromatic N) is 1. The maximum absolute atomic E-state index is 10.2. The van der Waals surface area contributed by atoms with Gasteiger partial charge in [0, 0.05) is 12.1 Å². The van der Waals surface area contributed by atoms with E-state index in [-0.39, 0.29) is 12.4 Å². The van der Waals surface area contributed by atoms with Crippen molar-refractivity contribution in [3.63, 3.8) is 0 Å². The van der Waals surface area contributed by atoms with Crippen LogP contribution < -0.4 is 5.73 Å². The minimum absolute atomic E-state index is 0.227. The molecule has 1 aromatic heterocycles. The Bertz CT molecular complexity index is 316. The summed E-state index contributed by atoms with van der Waals surface area (Å²) in [6.45, 7) is 3.80. The standard InChI is InChI=1S/C7H8N2O3/c1-5(4-8)6-2-3-7(12-6)9(10)11/h2-3H,1,4,8H2. The summed E-state index contributed by atoms with van der Waals surface area (Å²) < 4.78 is 4.82. The third-order valence-corrected chi connectivity index (χ3v) is 1.37. The van der Waals surface area contributed by atoms with Gasteiger partial charge in [0.2, 0.25) is 0 Å². The van der Waals surface area contributed by atoms with E-state index in [1.807, 2.05) is 0 Å². The van der Waals surface area contributed by atoms with E-state index >= 15 is 0 Å². The zero-order valence-corrected chi connectivity index (χ0v) is 6.32. The van der Waals surface area contributed by atoms with Gasteiger partial charge < -0.3 is 10.2 Å². The average Bonchev–Trinajstić information content (AvgIpc) is 2.51. The van der Waals surface area contributed by atoms with Crippen molar-refractivity contribution in [3.8, 4) is 0 Å². The molecule has 5 nitrogen and oxygen atoms in total. The van der Waals surface area contributed by atoms with Crippen molar-refractivity contribution in [1.29, 1.82) is 0 Å². The lowest BCUT2D eigenvalue weighted by molar-refractivity contribution is -0.402. The maximum Gasteiger partial charge on any atom is 0.433 e. The first kappa shape index (κ1) is 8.48. The van der Waals surface area contributed by atoms with Gasteiger partial charge in [-0.25, -0.2) is 0 Å². The van der Waals surface area contributed by atoms with Crippen LogP contribution in [0.3, 0.4) is 0 Å². The van der Waals surface area contributed by atoms with Crippen LogP contribution in [0.5, 0.6) is 0 Å². The topological polar surface area (TPSA) is 82.3 Å². The van der Waals surface area contributed by atoms with Crippen LogP contribution in [0.1, 0.15) is 5.76 Å². The van der Waals surface area contributed by atoms with Gasteiger partial charge in [0.1, 0.15) is 10.7 Å². The lowest BCUT2D eigenvalue weighted by Gasteiger charge is -1.93. The van der Waals surface area contributed by atoms with Gasteiger partial charge in [-0.15, -0.1) is 0 Å². The van der Waals surface area contributed by atoms with Gasteiger partial charge in [-0.1, -0.05) is 6.58 Å². The second kappa shape index (κ2) is 3.19. The first-order valence-corrected chi connectivity index (χ1v) is 3.27. The van der Waals surface area contributed by atoms with E-state index in [1.165, 1.54) is 12.1 Å². The summed E-state index contributed by atoms with van der Waals surface area (Å²) in [5, 5.41) is 10.2. The molecule has 0 aliphatic rings. The molecule has 5 heteroatoms. The number of hydrogen-bond donors (Lipinski definition) is 1. The lowest BCUT2D eigenvalue weighted by Crippen LogP contribution is -1.99. The molecule has 0 saturated carbocycles. The Kier molecular flexibility index (Phi) is 2.25. The van der Waals surface area contributed by atoms with Gasteiger partial charge in [-0.3, -0.25) is 10.1 Å². The van der Waals surface area contributed by atoms with Gasteiger partial charge in [0.25, 0.3) is 0 Å². The molecule has 0 saturated heterocycles. The molecular weight excluding hydrogens is 160 g/mol. The van der Waals surface area contributed by atoms with Crippen LogP contribution in [0.25, 0.3) is 5.57 Å². The van der Waals surface area contributed by atoms with Crippen molar-refractivity contribution in [1.82, 2.24) is 0 Å². The van der Waals surface area contributed by atoms with Crippen molar-refractivity contribution >= 4 is 11.5 Å². The van der Waals surface area contributed by atoms with E-state index in [1.54, 1.807) is 0 Å². The summed E-state index contributed by atoms with van der Waals surface area (Å²) in [6.07, 6.45) is 0. The maximum atomic E-state index is 10.2. The molecule has 0 spiro atoms. The Balaban J connectivity index is 2.91. The Labute approximate surface area is 68.6 Å². The fourth-order valence-corrected chi connectivity index (χ4v) is 0.716. The summed E-state index contributed by atoms with van der Waals surface area (Å²) in [4.78, 5) is 9.57. The monoisotopic (exact) mass is 168 g/mol. The minimum atomic E-state index is -0.604. The third-order valence-electron chi connectivity index (χ3n) is 1.37. The normalized spacial score (nSPS) is 9.75. The highest BCUT2D eigenvalue weighted by Gasteiger charge is 2.12. The van der Waals surface area contributed by atoms with Crippen molar-refractivity contribution in [2.24, 2.45) is 5.73 Å². The van der Waals surface area contributed by atoms with Crippen LogP contribution in [0.4, 0.5) is 5.88 Å². The predicted molar refractivity (Wildman–Crippen MR) is 43.5 cm³/mol. The largest absolute Gasteiger partial charge is 0.433 e. The SMILES string of the molecule is C=C(CN)c1ccc([N+](=O)[O-])o1. The lowest BCUT2D eigenvalue weighted by atomic mass is 10.2. The van der Waals surface area contributed by atoms with Crippen LogP contribution in [0, 0.1) is 10.1 Å². The van der Waals surface area contributed by atoms with E-state index in [0.717, 1.165) is 0 Å². The van der Waals surface area contributed by atoms with E-state index in [0.29, 0.717) is 11.3 Å². The molecule has 0 aliphatic carbocycles. The molecule has 0 radical (unpaired) electrons. The number of hydrogen-bond acceptors (Lipinski definition) is 4. The number of rotatable bonds is 3. The van der Waals surface area contributed by atoms with Crippen LogP contribution in [0.15, 0.2) is 23.1 Å². The molecule has 0 unspecified atom stereocenters. The highest BCUT2D eigenvalue weighted by molar-refractivity contribution is 5.60. The molecule has 2 N–H and O–H groups in total. The Morgan fingerprint density at radius 2 is 2.42 bits per heavy atom. The molecule has 1 rings (SSSR count). The second-order valence-corrected chi connectivity index (χ2v) is 2.20. The minimum Gasteiger partial charge on any atom is -0.401 e. The molecule has 0 aromatic carbocycles. The van der Waals surface area contributed by atoms with Gasteiger partial charge in [0.05, 0.1) is 6.07 Å². The van der Waals surface area contributed by atoms with Crippen molar-refractivity contribution < 1.29 is 9.34 Å². The zero-order chi connectivity index (χ0) is 9.14. The summed E-state index contributed by atoms with van der Waals surface area (Å²) in [7, 11) is 0. The van der Waals surface area contributed by atoms with Crippen LogP contribution in [-0.4, -0.2) is 11.5 Å². The smallest absolute Gasteiger partial charge is 0.401 e. The van der Waals surface area contributed by atoms with Crippen molar-refractivity contribution in [2.75, 3.05) is 6.54 Å². The van der Waals surface area contributed by atoms with Gasteiger partial charge >= 0.3 is 5.88 Å². The summed E-state index contributed by atoms with van der Waals surface area (Å²) in [5.74, 6) is 0.0730. The van der Waals surface area contributed by atoms with Crippen molar-refractivity contribution in [3.05, 3.63) is 34.6 Å². The van der Waals surface area contributed by atoms with Crippen LogP contribution >= 0.6 is 0 Å². The first-order valence-electron chi connectivity index (χ1n) is 3.27.